The lowest BCUT2D eigenvalue weighted by molar-refractivity contribution is 0.0770. The van der Waals surface area contributed by atoms with E-state index in [0.717, 1.165) is 5.69 Å². The zero-order valence-electron chi connectivity index (χ0n) is 12.1. The fourth-order valence-corrected chi connectivity index (χ4v) is 4.58. The van der Waals surface area contributed by atoms with Gasteiger partial charge < -0.3 is 9.30 Å². The molecule has 1 atom stereocenters. The lowest BCUT2D eigenvalue weighted by Crippen LogP contribution is -2.37. The van der Waals surface area contributed by atoms with Gasteiger partial charge in [-0.25, -0.2) is 8.42 Å². The van der Waals surface area contributed by atoms with Crippen LogP contribution in [-0.4, -0.2) is 37.0 Å². The molecule has 22 heavy (non-hydrogen) atoms. The van der Waals surface area contributed by atoms with E-state index in [9.17, 15) is 8.42 Å². The van der Waals surface area contributed by atoms with Gasteiger partial charge in [0.1, 0.15) is 4.90 Å². The van der Waals surface area contributed by atoms with Crippen molar-refractivity contribution in [3.63, 3.8) is 0 Å². The molecule has 0 saturated heterocycles. The predicted molar refractivity (Wildman–Crippen MR) is 84.3 cm³/mol. The molecule has 0 radical (unpaired) electrons. The Morgan fingerprint density at radius 2 is 1.95 bits per heavy atom. The standard InChI is InChI=1S/C15H17ClN2O3S/c1-21-13-10-17-8-4-5-12(17)9-18(11-13)22(19,20)15-7-3-2-6-14(15)16/h2-8,13H,9-11H2,1H3/t13-/m0/s1. The van der Waals surface area contributed by atoms with Crippen LogP contribution in [0.4, 0.5) is 0 Å². The van der Waals surface area contributed by atoms with Gasteiger partial charge in [-0.2, -0.15) is 4.31 Å². The third-order valence-electron chi connectivity index (χ3n) is 3.86. The second-order valence-electron chi connectivity index (χ2n) is 5.24. The Balaban J connectivity index is 2.01. The highest BCUT2D eigenvalue weighted by molar-refractivity contribution is 7.89. The first-order valence-electron chi connectivity index (χ1n) is 6.94. The van der Waals surface area contributed by atoms with Crippen LogP contribution in [0.15, 0.2) is 47.5 Å². The minimum atomic E-state index is -3.67. The summed E-state index contributed by atoms with van der Waals surface area (Å²) in [5.74, 6) is 0. The summed E-state index contributed by atoms with van der Waals surface area (Å²) in [6.07, 6.45) is 1.73. The summed E-state index contributed by atoms with van der Waals surface area (Å²) in [4.78, 5) is 0.131. The van der Waals surface area contributed by atoms with Gasteiger partial charge >= 0.3 is 0 Å². The molecule has 0 saturated carbocycles. The molecule has 1 aromatic heterocycles. The molecule has 0 N–H and O–H groups in total. The van der Waals surface area contributed by atoms with Crippen LogP contribution in [0.1, 0.15) is 5.69 Å². The summed E-state index contributed by atoms with van der Waals surface area (Å²) in [5.41, 5.74) is 0.940. The third kappa shape index (κ3) is 2.79. The lowest BCUT2D eigenvalue weighted by atomic mass is 10.3. The van der Waals surface area contributed by atoms with Crippen LogP contribution in [0.2, 0.25) is 5.02 Å². The predicted octanol–water partition coefficient (Wildman–Crippen LogP) is 2.36. The van der Waals surface area contributed by atoms with E-state index in [-0.39, 0.29) is 16.0 Å². The molecular formula is C15H17ClN2O3S. The van der Waals surface area contributed by atoms with Crippen molar-refractivity contribution in [3.05, 3.63) is 53.3 Å². The minimum Gasteiger partial charge on any atom is -0.378 e. The SMILES string of the molecule is CO[C@@H]1CN(S(=O)(=O)c2ccccc2Cl)Cc2cccn2C1. The smallest absolute Gasteiger partial charge is 0.245 e. The van der Waals surface area contributed by atoms with Gasteiger partial charge in [0.05, 0.1) is 17.7 Å². The van der Waals surface area contributed by atoms with Crippen molar-refractivity contribution in [3.8, 4) is 0 Å². The monoisotopic (exact) mass is 340 g/mol. The van der Waals surface area contributed by atoms with E-state index < -0.39 is 10.0 Å². The number of halogens is 1. The Bertz CT molecular complexity index is 773. The number of ether oxygens (including phenoxy) is 1. The fourth-order valence-electron chi connectivity index (χ4n) is 2.65. The van der Waals surface area contributed by atoms with Gasteiger partial charge in [0, 0.05) is 32.1 Å². The molecule has 1 aliphatic heterocycles. The van der Waals surface area contributed by atoms with Gasteiger partial charge in [0.15, 0.2) is 0 Å². The van der Waals surface area contributed by atoms with Crippen LogP contribution in [0, 0.1) is 0 Å². The Labute approximate surface area is 135 Å². The van der Waals surface area contributed by atoms with E-state index >= 15 is 0 Å². The summed E-state index contributed by atoms with van der Waals surface area (Å²) < 4.78 is 34.7. The van der Waals surface area contributed by atoms with Crippen molar-refractivity contribution in [1.82, 2.24) is 8.87 Å². The van der Waals surface area contributed by atoms with E-state index in [2.05, 4.69) is 0 Å². The summed E-state index contributed by atoms with van der Waals surface area (Å²) in [5, 5.41) is 0.232. The molecule has 7 heteroatoms. The molecule has 2 heterocycles. The lowest BCUT2D eigenvalue weighted by Gasteiger charge is -2.23. The number of hydrogen-bond donors (Lipinski definition) is 0. The summed E-state index contributed by atoms with van der Waals surface area (Å²) in [6.45, 7) is 1.24. The highest BCUT2D eigenvalue weighted by Gasteiger charge is 2.32. The zero-order chi connectivity index (χ0) is 15.7. The molecule has 0 unspecified atom stereocenters. The quantitative estimate of drug-likeness (QED) is 0.862. The van der Waals surface area contributed by atoms with Crippen LogP contribution in [0.3, 0.4) is 0 Å². The van der Waals surface area contributed by atoms with Crippen LogP contribution >= 0.6 is 11.6 Å². The van der Waals surface area contributed by atoms with Gasteiger partial charge in [-0.1, -0.05) is 23.7 Å². The van der Waals surface area contributed by atoms with Crippen molar-refractivity contribution in [2.24, 2.45) is 0 Å². The average molecular weight is 341 g/mol. The molecule has 3 rings (SSSR count). The first kappa shape index (κ1) is 15.6. The molecule has 0 amide bonds. The molecule has 0 fully saturated rings. The third-order valence-corrected chi connectivity index (χ3v) is 6.17. The number of methoxy groups -OCH3 is 1. The fraction of sp³-hybridized carbons (Fsp3) is 0.333. The maximum Gasteiger partial charge on any atom is 0.245 e. The molecule has 0 bridgehead atoms. The Hall–Kier alpha value is -1.34. The Morgan fingerprint density at radius 3 is 2.68 bits per heavy atom. The first-order chi connectivity index (χ1) is 10.5. The van der Waals surface area contributed by atoms with Crippen molar-refractivity contribution >= 4 is 21.6 Å². The van der Waals surface area contributed by atoms with Crippen LogP contribution in [-0.2, 0) is 27.8 Å². The number of rotatable bonds is 3. The van der Waals surface area contributed by atoms with Crippen molar-refractivity contribution in [1.29, 1.82) is 0 Å². The molecule has 1 aliphatic rings. The topological polar surface area (TPSA) is 51.5 Å². The Kier molecular flexibility index (Phi) is 4.27. The van der Waals surface area contributed by atoms with Gasteiger partial charge in [-0.15, -0.1) is 0 Å². The van der Waals surface area contributed by atoms with E-state index in [4.69, 9.17) is 16.3 Å². The van der Waals surface area contributed by atoms with Crippen molar-refractivity contribution in [2.45, 2.75) is 24.1 Å². The first-order valence-corrected chi connectivity index (χ1v) is 8.75. The van der Waals surface area contributed by atoms with Gasteiger partial charge in [0.25, 0.3) is 0 Å². The van der Waals surface area contributed by atoms with Crippen LogP contribution in [0.25, 0.3) is 0 Å². The largest absolute Gasteiger partial charge is 0.378 e. The maximum absolute atomic E-state index is 12.9. The molecule has 5 nitrogen and oxygen atoms in total. The van der Waals surface area contributed by atoms with E-state index in [1.807, 2.05) is 22.9 Å². The molecular weight excluding hydrogens is 324 g/mol. The number of aromatic nitrogens is 1. The number of nitrogens with zero attached hydrogens (tertiary/aromatic N) is 2. The number of hydrogen-bond acceptors (Lipinski definition) is 3. The number of sulfonamides is 1. The van der Waals surface area contributed by atoms with E-state index in [1.165, 1.54) is 10.4 Å². The summed E-state index contributed by atoms with van der Waals surface area (Å²) in [7, 11) is -2.07. The van der Waals surface area contributed by atoms with Crippen molar-refractivity contribution < 1.29 is 13.2 Å². The second-order valence-corrected chi connectivity index (χ2v) is 7.55. The van der Waals surface area contributed by atoms with Gasteiger partial charge in [-0.05, 0) is 24.3 Å². The van der Waals surface area contributed by atoms with Gasteiger partial charge in [0.2, 0.25) is 10.0 Å². The Morgan fingerprint density at radius 1 is 1.18 bits per heavy atom. The highest BCUT2D eigenvalue weighted by Crippen LogP contribution is 2.27. The van der Waals surface area contributed by atoms with E-state index in [1.54, 1.807) is 25.3 Å². The molecule has 0 aliphatic carbocycles. The maximum atomic E-state index is 12.9. The minimum absolute atomic E-state index is 0.131. The normalized spacial score (nSPS) is 19.6. The average Bonchev–Trinajstić information content (AvgIpc) is 2.84. The zero-order valence-corrected chi connectivity index (χ0v) is 13.7. The molecule has 1 aromatic carbocycles. The van der Waals surface area contributed by atoms with Gasteiger partial charge in [-0.3, -0.25) is 0 Å². The number of fused-ring (bicyclic) bond motifs is 1. The second kappa shape index (κ2) is 6.04. The molecule has 0 spiro atoms. The van der Waals surface area contributed by atoms with E-state index in [0.29, 0.717) is 19.6 Å². The molecule has 118 valence electrons. The van der Waals surface area contributed by atoms with Crippen LogP contribution in [0.5, 0.6) is 0 Å². The van der Waals surface area contributed by atoms with Crippen molar-refractivity contribution in [2.75, 3.05) is 13.7 Å². The van der Waals surface area contributed by atoms with Crippen LogP contribution < -0.4 is 0 Å². The number of benzene rings is 1. The highest BCUT2D eigenvalue weighted by atomic mass is 35.5. The summed E-state index contributed by atoms with van der Waals surface area (Å²) in [6, 6.07) is 10.3. The summed E-state index contributed by atoms with van der Waals surface area (Å²) >= 11 is 6.08. The molecule has 2 aromatic rings.